The molecule has 0 amide bonds. The molecule has 91 valence electrons. The normalized spacial score (nSPS) is 11.7. The number of rotatable bonds is 5. The van der Waals surface area contributed by atoms with Crippen LogP contribution in [0.1, 0.15) is 41.5 Å². The van der Waals surface area contributed by atoms with E-state index in [1.165, 1.54) is 0 Å². The molecule has 0 saturated carbocycles. The minimum atomic E-state index is -0.807. The summed E-state index contributed by atoms with van der Waals surface area (Å²) >= 11 is 0. The van der Waals surface area contributed by atoms with Crippen molar-refractivity contribution in [3.63, 3.8) is 0 Å². The fourth-order valence-electron chi connectivity index (χ4n) is 0.436. The van der Waals surface area contributed by atoms with Crippen LogP contribution in [0.3, 0.4) is 0 Å². The van der Waals surface area contributed by atoms with Gasteiger partial charge in [-0.2, -0.15) is 0 Å². The summed E-state index contributed by atoms with van der Waals surface area (Å²) in [5.41, 5.74) is -1.32. The van der Waals surface area contributed by atoms with Crippen molar-refractivity contribution in [3.8, 4) is 0 Å². The lowest BCUT2D eigenvalue weighted by molar-refractivity contribution is -0.0902. The molecule has 0 unspecified atom stereocenters. The van der Waals surface area contributed by atoms with E-state index in [1.54, 1.807) is 28.4 Å². The number of methoxy groups -OCH3 is 1. The maximum atomic E-state index is 9.63. The summed E-state index contributed by atoms with van der Waals surface area (Å²) in [6.45, 7) is 12.0. The fraction of sp³-hybridized carbons (Fsp3) is 1.00. The lowest BCUT2D eigenvalue weighted by atomic mass is 9.86. The Morgan fingerprint density at radius 3 is 1.73 bits per heavy atom. The minimum absolute atomic E-state index is 0.511. The van der Waals surface area contributed by atoms with Crippen LogP contribution in [0, 0.1) is 0 Å². The Bertz CT molecular complexity index is 139. The number of hydrogen-bond donors (Lipinski definition) is 1. The van der Waals surface area contributed by atoms with Crippen molar-refractivity contribution in [3.05, 3.63) is 0 Å². The molecule has 0 aromatic carbocycles. The molecule has 0 aliphatic rings. The van der Waals surface area contributed by atoms with Crippen molar-refractivity contribution in [2.24, 2.45) is 0 Å². The van der Waals surface area contributed by atoms with Crippen LogP contribution in [0.25, 0.3) is 0 Å². The molecule has 0 spiro atoms. The van der Waals surface area contributed by atoms with Gasteiger partial charge in [0.2, 0.25) is 0 Å². The van der Waals surface area contributed by atoms with Gasteiger partial charge in [-0.25, -0.2) is 0 Å². The van der Waals surface area contributed by atoms with E-state index in [4.69, 9.17) is 4.65 Å². The highest BCUT2D eigenvalue weighted by molar-refractivity contribution is 6.27. The Labute approximate surface area is 95.4 Å². The molecule has 1 N–H and O–H groups in total. The average molecular weight is 217 g/mol. The van der Waals surface area contributed by atoms with Gasteiger partial charge in [0.05, 0.1) is 11.2 Å². The summed E-state index contributed by atoms with van der Waals surface area (Å²) in [5, 5.41) is 9.63. The molecule has 0 aromatic rings. The van der Waals surface area contributed by atoms with Gasteiger partial charge < -0.3 is 14.5 Å². The van der Waals surface area contributed by atoms with E-state index in [1.807, 2.05) is 27.7 Å². The standard InChI is InChI=1S/C8H18BO2.C3H8O/c1-6-9-11-8(4,5)7(2,3)10;1-3-4-2/h10H,6H2,1-5H3;3H2,1-2H3. The fourth-order valence-corrected chi connectivity index (χ4v) is 0.436. The van der Waals surface area contributed by atoms with Gasteiger partial charge in [0.1, 0.15) is 0 Å². The topological polar surface area (TPSA) is 38.7 Å². The first-order valence-corrected chi connectivity index (χ1v) is 5.43. The summed E-state index contributed by atoms with van der Waals surface area (Å²) in [6.07, 6.45) is 0.861. The third kappa shape index (κ3) is 8.91. The number of hydrogen-bond acceptors (Lipinski definition) is 3. The molecule has 0 aliphatic carbocycles. The van der Waals surface area contributed by atoms with Gasteiger partial charge in [-0.3, -0.25) is 0 Å². The Balaban J connectivity index is 0. The zero-order chi connectivity index (χ0) is 12.5. The first-order chi connectivity index (χ1) is 6.72. The lowest BCUT2D eigenvalue weighted by Crippen LogP contribution is -2.47. The second kappa shape index (κ2) is 8.14. The van der Waals surface area contributed by atoms with Crippen LogP contribution in [0.5, 0.6) is 0 Å². The Kier molecular flexibility index (Phi) is 9.41. The third-order valence-corrected chi connectivity index (χ3v) is 2.31. The van der Waals surface area contributed by atoms with Crippen molar-refractivity contribution in [1.29, 1.82) is 0 Å². The Hall–Kier alpha value is -0.0551. The first-order valence-electron chi connectivity index (χ1n) is 5.43. The van der Waals surface area contributed by atoms with Crippen LogP contribution in [0.2, 0.25) is 6.32 Å². The molecule has 0 aromatic heterocycles. The molecule has 0 rings (SSSR count). The molecule has 0 fully saturated rings. The maximum absolute atomic E-state index is 9.63. The quantitative estimate of drug-likeness (QED) is 0.718. The van der Waals surface area contributed by atoms with Crippen LogP contribution in [0.15, 0.2) is 0 Å². The predicted octanol–water partition coefficient (Wildman–Crippen LogP) is 2.26. The van der Waals surface area contributed by atoms with Crippen LogP contribution in [-0.4, -0.2) is 37.5 Å². The van der Waals surface area contributed by atoms with Gasteiger partial charge in [-0.1, -0.05) is 13.2 Å². The SMILES string of the molecule is CCOC.CC[B]OC(C)(C)C(C)(C)O. The van der Waals surface area contributed by atoms with Gasteiger partial charge in [-0.05, 0) is 34.6 Å². The summed E-state index contributed by atoms with van der Waals surface area (Å²) < 4.78 is 9.91. The maximum Gasteiger partial charge on any atom is 0.292 e. The molecule has 0 bridgehead atoms. The molecule has 0 saturated heterocycles. The monoisotopic (exact) mass is 217 g/mol. The highest BCUT2D eigenvalue weighted by Gasteiger charge is 2.35. The van der Waals surface area contributed by atoms with E-state index in [9.17, 15) is 5.11 Å². The third-order valence-electron chi connectivity index (χ3n) is 2.31. The Morgan fingerprint density at radius 1 is 1.13 bits per heavy atom. The van der Waals surface area contributed by atoms with Crippen molar-refractivity contribution in [2.45, 2.75) is 59.1 Å². The molecule has 0 heterocycles. The van der Waals surface area contributed by atoms with E-state index in [0.29, 0.717) is 0 Å². The summed E-state index contributed by atoms with van der Waals surface area (Å²) in [7, 11) is 3.40. The van der Waals surface area contributed by atoms with Crippen molar-refractivity contribution in [2.75, 3.05) is 13.7 Å². The van der Waals surface area contributed by atoms with E-state index < -0.39 is 11.2 Å². The minimum Gasteiger partial charge on any atom is -0.433 e. The largest absolute Gasteiger partial charge is 0.433 e. The van der Waals surface area contributed by atoms with Crippen LogP contribution in [0.4, 0.5) is 0 Å². The van der Waals surface area contributed by atoms with Crippen molar-refractivity contribution >= 4 is 7.48 Å². The molecule has 3 nitrogen and oxygen atoms in total. The zero-order valence-electron chi connectivity index (χ0n) is 11.3. The van der Waals surface area contributed by atoms with Crippen LogP contribution in [-0.2, 0) is 9.39 Å². The lowest BCUT2D eigenvalue weighted by Gasteiger charge is -2.37. The van der Waals surface area contributed by atoms with E-state index in [0.717, 1.165) is 12.9 Å². The average Bonchev–Trinajstić information content (AvgIpc) is 2.13. The molecule has 4 heteroatoms. The van der Waals surface area contributed by atoms with Gasteiger partial charge >= 0.3 is 0 Å². The second-order valence-electron chi connectivity index (χ2n) is 4.34. The second-order valence-corrected chi connectivity index (χ2v) is 4.34. The molecule has 0 atom stereocenters. The summed E-state index contributed by atoms with van der Waals surface area (Å²) in [6, 6.07) is 0. The van der Waals surface area contributed by atoms with Gasteiger partial charge in [-0.15, -0.1) is 0 Å². The summed E-state index contributed by atoms with van der Waals surface area (Å²) in [4.78, 5) is 0. The van der Waals surface area contributed by atoms with Crippen molar-refractivity contribution in [1.82, 2.24) is 0 Å². The zero-order valence-corrected chi connectivity index (χ0v) is 11.3. The van der Waals surface area contributed by atoms with E-state index in [-0.39, 0.29) is 0 Å². The summed E-state index contributed by atoms with van der Waals surface area (Å²) in [5.74, 6) is 0. The van der Waals surface area contributed by atoms with Crippen LogP contribution < -0.4 is 0 Å². The highest BCUT2D eigenvalue weighted by atomic mass is 16.5. The van der Waals surface area contributed by atoms with Crippen LogP contribution >= 0.6 is 0 Å². The van der Waals surface area contributed by atoms with Gasteiger partial charge in [0, 0.05) is 13.7 Å². The van der Waals surface area contributed by atoms with Gasteiger partial charge in [0.25, 0.3) is 7.48 Å². The molecule has 15 heavy (non-hydrogen) atoms. The molecule has 1 radical (unpaired) electrons. The smallest absolute Gasteiger partial charge is 0.292 e. The van der Waals surface area contributed by atoms with E-state index >= 15 is 0 Å². The van der Waals surface area contributed by atoms with Crippen molar-refractivity contribution < 1.29 is 14.5 Å². The predicted molar refractivity (Wildman–Crippen MR) is 65.2 cm³/mol. The first kappa shape index (κ1) is 17.3. The molecular weight excluding hydrogens is 191 g/mol. The molecule has 0 aliphatic heterocycles. The Morgan fingerprint density at radius 2 is 1.53 bits per heavy atom. The van der Waals surface area contributed by atoms with E-state index in [2.05, 4.69) is 4.74 Å². The van der Waals surface area contributed by atoms with Gasteiger partial charge in [0.15, 0.2) is 0 Å². The highest BCUT2D eigenvalue weighted by Crippen LogP contribution is 2.24. The molecular formula is C11H26BO3. The number of aliphatic hydroxyl groups is 1. The number of ether oxygens (including phenoxy) is 1.